The van der Waals surface area contributed by atoms with E-state index in [9.17, 15) is 14.4 Å². The van der Waals surface area contributed by atoms with Gasteiger partial charge in [0.05, 0.1) is 21.9 Å². The summed E-state index contributed by atoms with van der Waals surface area (Å²) < 4.78 is 0. The number of fused-ring (bicyclic) bond motifs is 5. The van der Waals surface area contributed by atoms with Crippen molar-refractivity contribution in [3.8, 4) is 0 Å². The molecule has 1 saturated heterocycles. The first-order valence-electron chi connectivity index (χ1n) is 7.29. The van der Waals surface area contributed by atoms with Gasteiger partial charge in [-0.15, -0.1) is 0 Å². The van der Waals surface area contributed by atoms with Crippen molar-refractivity contribution in [2.75, 3.05) is 0 Å². The van der Waals surface area contributed by atoms with Crippen LogP contribution in [0.4, 0.5) is 0 Å². The Bertz CT molecular complexity index is 747. The maximum atomic E-state index is 12.5. The summed E-state index contributed by atoms with van der Waals surface area (Å²) in [6, 6.07) is 4.38. The van der Waals surface area contributed by atoms with E-state index in [-0.39, 0.29) is 46.1 Å². The normalized spacial score (nSPS) is 31.0. The number of rotatable bonds is 2. The number of nitrogens with zero attached hydrogens (tertiary/aromatic N) is 1. The molecule has 3 aliphatic rings. The maximum Gasteiger partial charge on any atom is 0.270 e. The molecule has 1 saturated carbocycles. The molecule has 0 radical (unpaired) electrons. The number of halogens is 2. The monoisotopic (exact) mass is 350 g/mol. The van der Waals surface area contributed by atoms with E-state index in [4.69, 9.17) is 23.2 Å². The van der Waals surface area contributed by atoms with Crippen molar-refractivity contribution in [2.45, 2.75) is 6.42 Å². The first kappa shape index (κ1) is 14.7. The van der Waals surface area contributed by atoms with E-state index in [1.807, 2.05) is 12.2 Å². The minimum Gasteiger partial charge on any atom is -0.272 e. The van der Waals surface area contributed by atoms with E-state index < -0.39 is 5.91 Å². The van der Waals surface area contributed by atoms with Crippen molar-refractivity contribution in [1.82, 2.24) is 10.4 Å². The molecule has 0 spiro atoms. The Labute approximate surface area is 142 Å². The molecule has 2 bridgehead atoms. The molecular weight excluding hydrogens is 339 g/mol. The second kappa shape index (κ2) is 5.08. The highest BCUT2D eigenvalue weighted by atomic mass is 35.5. The molecule has 118 valence electrons. The molecule has 23 heavy (non-hydrogen) atoms. The molecule has 2 aliphatic carbocycles. The van der Waals surface area contributed by atoms with Gasteiger partial charge in [-0.2, -0.15) is 5.01 Å². The number of benzene rings is 1. The number of allylic oxidation sites excluding steroid dienone is 2. The van der Waals surface area contributed by atoms with Crippen LogP contribution in [0.5, 0.6) is 0 Å². The van der Waals surface area contributed by atoms with E-state index in [0.717, 1.165) is 11.4 Å². The SMILES string of the molecule is O=C(NN1C(=O)[C@@H]2[C@@H](C1=O)[C@H]1C=C[C@@H]2C1)c1ccc(Cl)c(Cl)c1. The number of hydrogen-bond donors (Lipinski definition) is 1. The lowest BCUT2D eigenvalue weighted by atomic mass is 9.85. The fourth-order valence-electron chi connectivity index (χ4n) is 3.82. The topological polar surface area (TPSA) is 66.5 Å². The summed E-state index contributed by atoms with van der Waals surface area (Å²) >= 11 is 11.7. The fourth-order valence-corrected chi connectivity index (χ4v) is 4.11. The molecule has 3 amide bonds. The Morgan fingerprint density at radius 2 is 1.65 bits per heavy atom. The highest BCUT2D eigenvalue weighted by molar-refractivity contribution is 6.42. The van der Waals surface area contributed by atoms with E-state index in [2.05, 4.69) is 5.43 Å². The van der Waals surface area contributed by atoms with Gasteiger partial charge in [0.15, 0.2) is 0 Å². The number of nitrogens with one attached hydrogen (secondary N) is 1. The lowest BCUT2D eigenvalue weighted by Crippen LogP contribution is -2.47. The standard InChI is InChI=1S/C16H12Cl2N2O3/c17-10-4-3-9(6-11(10)18)14(21)19-20-15(22)12-7-1-2-8(5-7)13(12)16(20)23/h1-4,6-8,12-13H,5H2,(H,19,21)/t7-,8+,12-,13-/m0/s1. The Balaban J connectivity index is 1.55. The van der Waals surface area contributed by atoms with Crippen molar-refractivity contribution < 1.29 is 14.4 Å². The van der Waals surface area contributed by atoms with E-state index >= 15 is 0 Å². The van der Waals surface area contributed by atoms with Crippen LogP contribution < -0.4 is 5.43 Å². The predicted molar refractivity (Wildman–Crippen MR) is 83.5 cm³/mol. The summed E-state index contributed by atoms with van der Waals surface area (Å²) in [5.74, 6) is -1.69. The zero-order chi connectivity index (χ0) is 16.3. The lowest BCUT2D eigenvalue weighted by molar-refractivity contribution is -0.143. The summed E-state index contributed by atoms with van der Waals surface area (Å²) in [6.45, 7) is 0. The Hall–Kier alpha value is -1.85. The van der Waals surface area contributed by atoms with Gasteiger partial charge in [-0.3, -0.25) is 19.8 Å². The molecule has 1 aromatic rings. The van der Waals surface area contributed by atoms with Crippen LogP contribution in [-0.4, -0.2) is 22.7 Å². The zero-order valence-electron chi connectivity index (χ0n) is 11.8. The summed E-state index contributed by atoms with van der Waals surface area (Å²) in [5.41, 5.74) is 2.64. The van der Waals surface area contributed by atoms with Crippen LogP contribution in [0.15, 0.2) is 30.4 Å². The quantitative estimate of drug-likeness (QED) is 0.658. The number of carbonyl (C=O) groups excluding carboxylic acids is 3. The zero-order valence-corrected chi connectivity index (χ0v) is 13.3. The average Bonchev–Trinajstić information content (AvgIpc) is 3.19. The van der Waals surface area contributed by atoms with Gasteiger partial charge in [0, 0.05) is 5.56 Å². The summed E-state index contributed by atoms with van der Waals surface area (Å²) in [7, 11) is 0. The fraction of sp³-hybridized carbons (Fsp3) is 0.312. The summed E-state index contributed by atoms with van der Waals surface area (Å²) in [6.07, 6.45) is 4.85. The second-order valence-electron chi connectivity index (χ2n) is 6.08. The molecule has 4 rings (SSSR count). The maximum absolute atomic E-state index is 12.5. The van der Waals surface area contributed by atoms with Crippen molar-refractivity contribution in [3.63, 3.8) is 0 Å². The molecule has 0 aromatic heterocycles. The lowest BCUT2D eigenvalue weighted by Gasteiger charge is -2.18. The molecule has 4 atom stereocenters. The Morgan fingerprint density at radius 3 is 2.22 bits per heavy atom. The van der Waals surface area contributed by atoms with Gasteiger partial charge in [-0.1, -0.05) is 35.4 Å². The highest BCUT2D eigenvalue weighted by Gasteiger charge is 2.59. The summed E-state index contributed by atoms with van der Waals surface area (Å²) in [4.78, 5) is 37.2. The molecule has 1 N–H and O–H groups in total. The number of hydrazine groups is 1. The van der Waals surface area contributed by atoms with Crippen LogP contribution in [0.2, 0.25) is 10.0 Å². The van der Waals surface area contributed by atoms with Gasteiger partial charge < -0.3 is 0 Å². The Kier molecular flexibility index (Phi) is 3.25. The van der Waals surface area contributed by atoms with Gasteiger partial charge in [0.1, 0.15) is 0 Å². The molecule has 0 unspecified atom stereocenters. The van der Waals surface area contributed by atoms with Gasteiger partial charge in [-0.25, -0.2) is 0 Å². The molecule has 1 aromatic carbocycles. The van der Waals surface area contributed by atoms with Gasteiger partial charge in [0.2, 0.25) is 0 Å². The van der Waals surface area contributed by atoms with E-state index in [1.54, 1.807) is 0 Å². The van der Waals surface area contributed by atoms with Gasteiger partial charge in [-0.05, 0) is 36.5 Å². The third-order valence-corrected chi connectivity index (χ3v) is 5.60. The number of carbonyl (C=O) groups is 3. The number of amides is 3. The van der Waals surface area contributed by atoms with Crippen LogP contribution in [0.3, 0.4) is 0 Å². The Morgan fingerprint density at radius 1 is 1.04 bits per heavy atom. The van der Waals surface area contributed by atoms with Crippen LogP contribution >= 0.6 is 23.2 Å². The third kappa shape index (κ3) is 2.11. The minimum absolute atomic E-state index is 0.105. The van der Waals surface area contributed by atoms with Crippen molar-refractivity contribution in [1.29, 1.82) is 0 Å². The smallest absolute Gasteiger partial charge is 0.270 e. The molecule has 1 heterocycles. The molecule has 7 heteroatoms. The summed E-state index contributed by atoms with van der Waals surface area (Å²) in [5, 5.41) is 1.43. The first-order valence-corrected chi connectivity index (χ1v) is 8.05. The second-order valence-corrected chi connectivity index (χ2v) is 6.90. The van der Waals surface area contributed by atoms with Crippen LogP contribution in [0.1, 0.15) is 16.8 Å². The van der Waals surface area contributed by atoms with Crippen LogP contribution in [0, 0.1) is 23.7 Å². The molecular formula is C16H12Cl2N2O3. The highest BCUT2D eigenvalue weighted by Crippen LogP contribution is 2.52. The average molecular weight is 351 g/mol. The van der Waals surface area contributed by atoms with Crippen LogP contribution in [0.25, 0.3) is 0 Å². The minimum atomic E-state index is -0.564. The van der Waals surface area contributed by atoms with E-state index in [1.165, 1.54) is 18.2 Å². The third-order valence-electron chi connectivity index (χ3n) is 4.87. The largest absolute Gasteiger partial charge is 0.272 e. The van der Waals surface area contributed by atoms with Crippen LogP contribution in [-0.2, 0) is 9.59 Å². The molecule has 1 aliphatic heterocycles. The van der Waals surface area contributed by atoms with Crippen molar-refractivity contribution in [3.05, 3.63) is 46.0 Å². The first-order chi connectivity index (χ1) is 11.0. The van der Waals surface area contributed by atoms with E-state index in [0.29, 0.717) is 5.02 Å². The van der Waals surface area contributed by atoms with Crippen molar-refractivity contribution >= 4 is 40.9 Å². The predicted octanol–water partition coefficient (Wildman–Crippen LogP) is 2.45. The van der Waals surface area contributed by atoms with Gasteiger partial charge in [0.25, 0.3) is 17.7 Å². The number of imide groups is 1. The van der Waals surface area contributed by atoms with Crippen molar-refractivity contribution in [2.24, 2.45) is 23.7 Å². The van der Waals surface area contributed by atoms with Gasteiger partial charge >= 0.3 is 0 Å². The molecule has 5 nitrogen and oxygen atoms in total. The molecule has 2 fully saturated rings. The number of hydrogen-bond acceptors (Lipinski definition) is 3.